The van der Waals surface area contributed by atoms with Crippen molar-refractivity contribution in [3.8, 4) is 0 Å². The molecule has 0 N–H and O–H groups in total. The normalized spacial score (nSPS) is 25.3. The number of hydrogen-bond acceptors (Lipinski definition) is 2. The highest BCUT2D eigenvalue weighted by Gasteiger charge is 2.36. The van der Waals surface area contributed by atoms with E-state index in [1.54, 1.807) is 0 Å². The zero-order chi connectivity index (χ0) is 14.2. The summed E-state index contributed by atoms with van der Waals surface area (Å²) in [7, 11) is 0. The Morgan fingerprint density at radius 3 is 2.90 bits per heavy atom. The number of benzene rings is 1. The van der Waals surface area contributed by atoms with Crippen molar-refractivity contribution in [3.63, 3.8) is 0 Å². The number of halogens is 1. The molecule has 1 saturated carbocycles. The first kappa shape index (κ1) is 13.4. The molecule has 2 unspecified atom stereocenters. The Kier molecular flexibility index (Phi) is 3.50. The van der Waals surface area contributed by atoms with Crippen LogP contribution >= 0.6 is 11.6 Å². The molecule has 2 aliphatic rings. The highest BCUT2D eigenvalue weighted by Crippen LogP contribution is 2.40. The molecule has 1 aromatic heterocycles. The minimum Gasteiger partial charge on any atom is -0.353 e. The van der Waals surface area contributed by atoms with Crippen LogP contribution in [0.15, 0.2) is 30.3 Å². The Labute approximate surface area is 131 Å². The lowest BCUT2D eigenvalue weighted by Crippen LogP contribution is -2.35. The maximum atomic E-state index is 6.06. The summed E-state index contributed by atoms with van der Waals surface area (Å²) < 4.78 is 0. The first-order chi connectivity index (χ1) is 10.4. The quantitative estimate of drug-likeness (QED) is 0.745. The van der Waals surface area contributed by atoms with Gasteiger partial charge in [0.15, 0.2) is 0 Å². The molecule has 0 amide bonds. The zero-order valence-electron chi connectivity index (χ0n) is 12.3. The van der Waals surface area contributed by atoms with Gasteiger partial charge in [-0.1, -0.05) is 37.1 Å². The van der Waals surface area contributed by atoms with Gasteiger partial charge in [-0.25, -0.2) is 4.98 Å². The van der Waals surface area contributed by atoms with Crippen molar-refractivity contribution in [2.45, 2.75) is 44.0 Å². The minimum absolute atomic E-state index is 0.486. The third kappa shape index (κ3) is 2.30. The predicted molar refractivity (Wildman–Crippen MR) is 89.0 cm³/mol. The Morgan fingerprint density at radius 2 is 2.00 bits per heavy atom. The van der Waals surface area contributed by atoms with Gasteiger partial charge in [-0.3, -0.25) is 0 Å². The van der Waals surface area contributed by atoms with Crippen LogP contribution in [0, 0.1) is 5.92 Å². The summed E-state index contributed by atoms with van der Waals surface area (Å²) in [6.45, 7) is 1.15. The molecule has 4 rings (SSSR count). The summed E-state index contributed by atoms with van der Waals surface area (Å²) in [5.74, 6) is 2.52. The molecule has 0 spiro atoms. The molecule has 2 aromatic rings. The Morgan fingerprint density at radius 1 is 1.14 bits per heavy atom. The van der Waals surface area contributed by atoms with E-state index < -0.39 is 0 Å². The second kappa shape index (κ2) is 5.49. The molecule has 2 atom stereocenters. The number of fused-ring (bicyclic) bond motifs is 2. The van der Waals surface area contributed by atoms with Crippen LogP contribution in [-0.2, 0) is 5.88 Å². The Hall–Kier alpha value is -1.28. The van der Waals surface area contributed by atoms with E-state index in [0.717, 1.165) is 24.0 Å². The number of rotatable bonds is 2. The fourth-order valence-corrected chi connectivity index (χ4v) is 4.33. The summed E-state index contributed by atoms with van der Waals surface area (Å²) >= 11 is 6.06. The van der Waals surface area contributed by atoms with Crippen molar-refractivity contribution in [3.05, 3.63) is 36.0 Å². The average molecular weight is 301 g/mol. The molecule has 1 aliphatic carbocycles. The number of pyridine rings is 1. The maximum Gasteiger partial charge on any atom is 0.137 e. The van der Waals surface area contributed by atoms with Gasteiger partial charge in [0.1, 0.15) is 5.82 Å². The second-order valence-electron chi connectivity index (χ2n) is 6.39. The van der Waals surface area contributed by atoms with Gasteiger partial charge in [0, 0.05) is 18.0 Å². The smallest absolute Gasteiger partial charge is 0.137 e. The lowest BCUT2D eigenvalue weighted by Gasteiger charge is -2.33. The van der Waals surface area contributed by atoms with E-state index in [-0.39, 0.29) is 0 Å². The van der Waals surface area contributed by atoms with Gasteiger partial charge in [0.2, 0.25) is 0 Å². The summed E-state index contributed by atoms with van der Waals surface area (Å²) in [4.78, 5) is 7.46. The molecule has 1 aromatic carbocycles. The van der Waals surface area contributed by atoms with Crippen LogP contribution in [-0.4, -0.2) is 17.6 Å². The molecule has 0 bridgehead atoms. The van der Waals surface area contributed by atoms with Crippen LogP contribution in [0.2, 0.25) is 0 Å². The molecular weight excluding hydrogens is 280 g/mol. The largest absolute Gasteiger partial charge is 0.353 e. The van der Waals surface area contributed by atoms with Crippen LogP contribution in [0.25, 0.3) is 10.8 Å². The maximum absolute atomic E-state index is 6.06. The molecule has 0 radical (unpaired) electrons. The minimum atomic E-state index is 0.486. The standard InChI is InChI=1S/C18H21ClN2/c19-12-15-11-14-6-1-3-7-16(14)18(20-15)21-10-9-13-5-2-4-8-17(13)21/h1,3,6-7,11,13,17H,2,4-5,8-10,12H2. The van der Waals surface area contributed by atoms with Crippen molar-refractivity contribution < 1.29 is 0 Å². The van der Waals surface area contributed by atoms with Crippen LogP contribution in [0.4, 0.5) is 5.82 Å². The van der Waals surface area contributed by atoms with E-state index in [9.17, 15) is 0 Å². The van der Waals surface area contributed by atoms with Crippen molar-refractivity contribution in [2.24, 2.45) is 5.92 Å². The first-order valence-corrected chi connectivity index (χ1v) is 8.61. The van der Waals surface area contributed by atoms with Gasteiger partial charge >= 0.3 is 0 Å². The predicted octanol–water partition coefficient (Wildman–Crippen LogP) is 4.74. The molecule has 21 heavy (non-hydrogen) atoms. The van der Waals surface area contributed by atoms with E-state index in [4.69, 9.17) is 16.6 Å². The van der Waals surface area contributed by atoms with Crippen LogP contribution < -0.4 is 4.90 Å². The Bertz CT molecular complexity index is 655. The third-order valence-corrected chi connectivity index (χ3v) is 5.47. The molecule has 1 aliphatic heterocycles. The fraction of sp³-hybridized carbons (Fsp3) is 0.500. The topological polar surface area (TPSA) is 16.1 Å². The van der Waals surface area contributed by atoms with E-state index in [1.165, 1.54) is 42.9 Å². The number of alkyl halides is 1. The molecular formula is C18H21ClN2. The lowest BCUT2D eigenvalue weighted by atomic mass is 9.85. The molecule has 3 heteroatoms. The molecule has 2 fully saturated rings. The van der Waals surface area contributed by atoms with Crippen LogP contribution in [0.3, 0.4) is 0 Å². The molecule has 2 heterocycles. The van der Waals surface area contributed by atoms with Gasteiger partial charge in [-0.05, 0) is 36.6 Å². The first-order valence-electron chi connectivity index (χ1n) is 8.08. The van der Waals surface area contributed by atoms with Gasteiger partial charge in [0.05, 0.1) is 11.6 Å². The average Bonchev–Trinajstić information content (AvgIpc) is 2.97. The monoisotopic (exact) mass is 300 g/mol. The fourth-order valence-electron chi connectivity index (χ4n) is 4.19. The van der Waals surface area contributed by atoms with E-state index >= 15 is 0 Å². The second-order valence-corrected chi connectivity index (χ2v) is 6.65. The third-order valence-electron chi connectivity index (χ3n) is 5.19. The van der Waals surface area contributed by atoms with Crippen LogP contribution in [0.1, 0.15) is 37.8 Å². The summed E-state index contributed by atoms with van der Waals surface area (Å²) in [5.41, 5.74) is 0.990. The van der Waals surface area contributed by atoms with Crippen molar-refractivity contribution in [1.29, 1.82) is 0 Å². The van der Waals surface area contributed by atoms with E-state index in [2.05, 4.69) is 35.2 Å². The summed E-state index contributed by atoms with van der Waals surface area (Å²) in [6.07, 6.45) is 6.82. The highest BCUT2D eigenvalue weighted by molar-refractivity contribution is 6.17. The summed E-state index contributed by atoms with van der Waals surface area (Å²) in [6, 6.07) is 11.4. The van der Waals surface area contributed by atoms with Gasteiger partial charge in [-0.15, -0.1) is 11.6 Å². The SMILES string of the molecule is ClCc1cc2ccccc2c(N2CCC3CCCCC32)n1. The van der Waals surface area contributed by atoms with Gasteiger partial charge in [0.25, 0.3) is 0 Å². The van der Waals surface area contributed by atoms with Crippen LogP contribution in [0.5, 0.6) is 0 Å². The number of anilines is 1. The van der Waals surface area contributed by atoms with Gasteiger partial charge in [-0.2, -0.15) is 0 Å². The number of aromatic nitrogens is 1. The molecule has 2 nitrogen and oxygen atoms in total. The van der Waals surface area contributed by atoms with Gasteiger partial charge < -0.3 is 4.90 Å². The van der Waals surface area contributed by atoms with Crippen molar-refractivity contribution in [2.75, 3.05) is 11.4 Å². The van der Waals surface area contributed by atoms with Crippen molar-refractivity contribution >= 4 is 28.2 Å². The lowest BCUT2D eigenvalue weighted by molar-refractivity contribution is 0.341. The molecule has 110 valence electrons. The van der Waals surface area contributed by atoms with E-state index in [1.807, 2.05) is 0 Å². The van der Waals surface area contributed by atoms with Crippen molar-refractivity contribution in [1.82, 2.24) is 4.98 Å². The zero-order valence-corrected chi connectivity index (χ0v) is 13.0. The number of hydrogen-bond donors (Lipinski definition) is 0. The highest BCUT2D eigenvalue weighted by atomic mass is 35.5. The molecule has 1 saturated heterocycles. The van der Waals surface area contributed by atoms with E-state index in [0.29, 0.717) is 11.9 Å². The Balaban J connectivity index is 1.81. The summed E-state index contributed by atoms with van der Waals surface area (Å²) in [5, 5.41) is 2.54. The number of nitrogens with zero attached hydrogens (tertiary/aromatic N) is 2.